The van der Waals surface area contributed by atoms with Crippen LogP contribution >= 0.6 is 0 Å². The molecule has 3 aromatic rings. The van der Waals surface area contributed by atoms with Crippen molar-refractivity contribution in [3.8, 4) is 11.1 Å². The zero-order valence-electron chi connectivity index (χ0n) is 15.2. The van der Waals surface area contributed by atoms with Crippen LogP contribution in [0, 0.1) is 12.3 Å². The number of amides is 1. The molecule has 0 spiro atoms. The Morgan fingerprint density at radius 1 is 0.929 bits per heavy atom. The van der Waals surface area contributed by atoms with E-state index in [-0.39, 0.29) is 17.3 Å². The van der Waals surface area contributed by atoms with Gasteiger partial charge >= 0.3 is 5.97 Å². The highest BCUT2D eigenvalue weighted by Gasteiger charge is 2.18. The number of aryl methyl sites for hydroxylation is 1. The zero-order valence-corrected chi connectivity index (χ0v) is 15.2. The number of nitrogens with one attached hydrogen (secondary N) is 2. The van der Waals surface area contributed by atoms with Gasteiger partial charge in [-0.15, -0.1) is 0 Å². The van der Waals surface area contributed by atoms with E-state index in [1.54, 1.807) is 54.6 Å². The SMILES string of the molecule is Cc1ccc(-c2ccccc2C(=O)O)c(C(=O)Nc2ccc(C(=N)N)cc2)c1. The Labute approximate surface area is 162 Å². The molecule has 0 atom stereocenters. The molecule has 28 heavy (non-hydrogen) atoms. The monoisotopic (exact) mass is 373 g/mol. The average molecular weight is 373 g/mol. The molecule has 0 bridgehead atoms. The van der Waals surface area contributed by atoms with Crippen molar-refractivity contribution in [1.29, 1.82) is 5.41 Å². The summed E-state index contributed by atoms with van der Waals surface area (Å²) in [4.78, 5) is 24.5. The molecule has 0 aliphatic rings. The van der Waals surface area contributed by atoms with E-state index >= 15 is 0 Å². The van der Waals surface area contributed by atoms with Crippen LogP contribution in [0.4, 0.5) is 5.69 Å². The van der Waals surface area contributed by atoms with Gasteiger partial charge in [0.05, 0.1) is 5.56 Å². The molecule has 0 unspecified atom stereocenters. The molecule has 0 fully saturated rings. The quantitative estimate of drug-likeness (QED) is 0.401. The van der Waals surface area contributed by atoms with Gasteiger partial charge in [0.1, 0.15) is 5.84 Å². The fourth-order valence-corrected chi connectivity index (χ4v) is 2.92. The number of carbonyl (C=O) groups is 2. The maximum Gasteiger partial charge on any atom is 0.336 e. The van der Waals surface area contributed by atoms with E-state index in [9.17, 15) is 14.7 Å². The first-order valence-electron chi connectivity index (χ1n) is 8.56. The van der Waals surface area contributed by atoms with Gasteiger partial charge in [0.2, 0.25) is 0 Å². The first kappa shape index (κ1) is 18.8. The Balaban J connectivity index is 2.00. The summed E-state index contributed by atoms with van der Waals surface area (Å²) in [5, 5.41) is 19.7. The number of aromatic carboxylic acids is 1. The zero-order chi connectivity index (χ0) is 20.3. The van der Waals surface area contributed by atoms with Gasteiger partial charge in [0.15, 0.2) is 0 Å². The Bertz CT molecular complexity index is 1070. The number of carbonyl (C=O) groups excluding carboxylic acids is 1. The van der Waals surface area contributed by atoms with Crippen molar-refractivity contribution in [2.45, 2.75) is 6.92 Å². The average Bonchev–Trinajstić information content (AvgIpc) is 2.68. The van der Waals surface area contributed by atoms with Gasteiger partial charge in [-0.1, -0.05) is 35.9 Å². The Kier molecular flexibility index (Phi) is 5.22. The third kappa shape index (κ3) is 3.91. The molecule has 0 aromatic heterocycles. The van der Waals surface area contributed by atoms with Crippen LogP contribution < -0.4 is 11.1 Å². The van der Waals surface area contributed by atoms with Crippen molar-refractivity contribution < 1.29 is 14.7 Å². The van der Waals surface area contributed by atoms with Crippen LogP contribution in [0.5, 0.6) is 0 Å². The van der Waals surface area contributed by atoms with E-state index in [1.807, 2.05) is 13.0 Å². The molecule has 1 amide bonds. The Morgan fingerprint density at radius 3 is 2.21 bits per heavy atom. The summed E-state index contributed by atoms with van der Waals surface area (Å²) in [6, 6.07) is 18.5. The number of nitrogens with two attached hydrogens (primary N) is 1. The van der Waals surface area contributed by atoms with E-state index in [2.05, 4.69) is 5.32 Å². The van der Waals surface area contributed by atoms with Crippen LogP contribution in [-0.2, 0) is 0 Å². The predicted molar refractivity (Wildman–Crippen MR) is 109 cm³/mol. The highest BCUT2D eigenvalue weighted by molar-refractivity contribution is 6.10. The van der Waals surface area contributed by atoms with E-state index in [0.717, 1.165) is 5.56 Å². The van der Waals surface area contributed by atoms with Crippen LogP contribution in [0.3, 0.4) is 0 Å². The number of carboxylic acid groups (broad SMARTS) is 1. The lowest BCUT2D eigenvalue weighted by Gasteiger charge is -2.13. The third-order valence-corrected chi connectivity index (χ3v) is 4.32. The second-order valence-electron chi connectivity index (χ2n) is 6.34. The minimum Gasteiger partial charge on any atom is -0.478 e. The molecular weight excluding hydrogens is 354 g/mol. The summed E-state index contributed by atoms with van der Waals surface area (Å²) < 4.78 is 0. The van der Waals surface area contributed by atoms with Crippen LogP contribution in [0.2, 0.25) is 0 Å². The summed E-state index contributed by atoms with van der Waals surface area (Å²) in [6.45, 7) is 1.87. The highest BCUT2D eigenvalue weighted by atomic mass is 16.4. The topological polar surface area (TPSA) is 116 Å². The molecule has 0 saturated heterocycles. The van der Waals surface area contributed by atoms with Gasteiger partial charge in [0.25, 0.3) is 5.91 Å². The molecule has 0 heterocycles. The minimum absolute atomic E-state index is 0.0517. The number of rotatable bonds is 5. The van der Waals surface area contributed by atoms with Gasteiger partial charge in [-0.25, -0.2) is 4.79 Å². The first-order chi connectivity index (χ1) is 13.4. The smallest absolute Gasteiger partial charge is 0.336 e. The van der Waals surface area contributed by atoms with Gasteiger partial charge in [-0.2, -0.15) is 0 Å². The number of amidine groups is 1. The Hall–Kier alpha value is -3.93. The van der Waals surface area contributed by atoms with Crippen molar-refractivity contribution in [2.24, 2.45) is 5.73 Å². The number of benzene rings is 3. The van der Waals surface area contributed by atoms with Gasteiger partial charge in [-0.3, -0.25) is 10.2 Å². The lowest BCUT2D eigenvalue weighted by Crippen LogP contribution is -2.15. The summed E-state index contributed by atoms with van der Waals surface area (Å²) in [7, 11) is 0. The third-order valence-electron chi connectivity index (χ3n) is 4.32. The summed E-state index contributed by atoms with van der Waals surface area (Å²) in [5.74, 6) is -1.46. The van der Waals surface area contributed by atoms with Crippen molar-refractivity contribution in [3.05, 3.63) is 89.0 Å². The lowest BCUT2D eigenvalue weighted by molar-refractivity contribution is 0.0697. The second kappa shape index (κ2) is 7.75. The molecule has 0 aliphatic heterocycles. The van der Waals surface area contributed by atoms with Gasteiger partial charge < -0.3 is 16.2 Å². The summed E-state index contributed by atoms with van der Waals surface area (Å²) in [6.07, 6.45) is 0. The van der Waals surface area contributed by atoms with E-state index in [1.165, 1.54) is 6.07 Å². The summed E-state index contributed by atoms with van der Waals surface area (Å²) in [5.41, 5.74) is 8.97. The van der Waals surface area contributed by atoms with Gasteiger partial charge in [0, 0.05) is 16.8 Å². The number of nitrogen functional groups attached to an aromatic ring is 1. The first-order valence-corrected chi connectivity index (χ1v) is 8.56. The molecule has 6 nitrogen and oxygen atoms in total. The standard InChI is InChI=1S/C22H19N3O3/c1-13-6-11-17(16-4-2-3-5-18(16)22(27)28)19(12-13)21(26)25-15-9-7-14(8-10-15)20(23)24/h2-12H,1H3,(H3,23,24)(H,25,26)(H,27,28). The van der Waals surface area contributed by atoms with Crippen LogP contribution in [-0.4, -0.2) is 22.8 Å². The largest absolute Gasteiger partial charge is 0.478 e. The maximum absolute atomic E-state index is 12.9. The minimum atomic E-state index is -1.05. The fraction of sp³-hybridized carbons (Fsp3) is 0.0455. The molecule has 140 valence electrons. The molecule has 5 N–H and O–H groups in total. The highest BCUT2D eigenvalue weighted by Crippen LogP contribution is 2.29. The van der Waals surface area contributed by atoms with E-state index in [4.69, 9.17) is 11.1 Å². The molecule has 0 radical (unpaired) electrons. The molecule has 0 aliphatic carbocycles. The number of anilines is 1. The number of hydrogen-bond donors (Lipinski definition) is 4. The number of hydrogen-bond acceptors (Lipinski definition) is 3. The van der Waals surface area contributed by atoms with E-state index in [0.29, 0.717) is 27.9 Å². The lowest BCUT2D eigenvalue weighted by atomic mass is 9.93. The summed E-state index contributed by atoms with van der Waals surface area (Å²) >= 11 is 0. The molecule has 0 saturated carbocycles. The van der Waals surface area contributed by atoms with Gasteiger partial charge in [-0.05, 0) is 54.4 Å². The molecule has 3 rings (SSSR count). The number of carboxylic acids is 1. The van der Waals surface area contributed by atoms with Crippen molar-refractivity contribution >= 4 is 23.4 Å². The normalized spacial score (nSPS) is 10.3. The van der Waals surface area contributed by atoms with Crippen molar-refractivity contribution in [2.75, 3.05) is 5.32 Å². The molecule has 3 aromatic carbocycles. The van der Waals surface area contributed by atoms with E-state index < -0.39 is 5.97 Å². The van der Waals surface area contributed by atoms with Crippen molar-refractivity contribution in [1.82, 2.24) is 0 Å². The van der Waals surface area contributed by atoms with Crippen LogP contribution in [0.1, 0.15) is 31.8 Å². The fourth-order valence-electron chi connectivity index (χ4n) is 2.92. The van der Waals surface area contributed by atoms with Crippen molar-refractivity contribution in [3.63, 3.8) is 0 Å². The predicted octanol–water partition coefficient (Wildman–Crippen LogP) is 3.90. The second-order valence-corrected chi connectivity index (χ2v) is 6.34. The molecule has 6 heteroatoms. The molecular formula is C22H19N3O3. The Morgan fingerprint density at radius 2 is 1.57 bits per heavy atom. The maximum atomic E-state index is 12.9. The van der Waals surface area contributed by atoms with Crippen LogP contribution in [0.15, 0.2) is 66.7 Å². The van der Waals surface area contributed by atoms with Crippen LogP contribution in [0.25, 0.3) is 11.1 Å².